The van der Waals surface area contributed by atoms with Crippen LogP contribution >= 0.6 is 15.9 Å². The van der Waals surface area contributed by atoms with Gasteiger partial charge in [0.25, 0.3) is 0 Å². The summed E-state index contributed by atoms with van der Waals surface area (Å²) in [6, 6.07) is 3.28. The molecule has 18 heavy (non-hydrogen) atoms. The van der Waals surface area contributed by atoms with Crippen LogP contribution in [-0.4, -0.2) is 20.5 Å². The van der Waals surface area contributed by atoms with E-state index in [9.17, 15) is 4.79 Å². The first-order valence-corrected chi connectivity index (χ1v) is 6.40. The summed E-state index contributed by atoms with van der Waals surface area (Å²) in [5, 5.41) is 4.17. The molecule has 0 spiro atoms. The van der Waals surface area contributed by atoms with Gasteiger partial charge in [0.05, 0.1) is 22.6 Å². The molecule has 0 amide bonds. The molecular formula is C12H13BrN4O. The maximum absolute atomic E-state index is 12.3. The molecule has 0 aliphatic carbocycles. The number of carbonyl (C=O) groups excluding carboxylic acids is 1. The summed E-state index contributed by atoms with van der Waals surface area (Å²) in [5.74, 6) is -0.159. The Bertz CT molecular complexity index is 562. The predicted molar refractivity (Wildman–Crippen MR) is 72.3 cm³/mol. The second kappa shape index (κ2) is 5.30. The fourth-order valence-electron chi connectivity index (χ4n) is 1.63. The van der Waals surface area contributed by atoms with Crippen LogP contribution in [-0.2, 0) is 6.54 Å². The van der Waals surface area contributed by atoms with E-state index in [-0.39, 0.29) is 5.78 Å². The van der Waals surface area contributed by atoms with Crippen molar-refractivity contribution in [1.29, 1.82) is 0 Å². The number of ketones is 1. The normalized spacial score (nSPS) is 10.6. The van der Waals surface area contributed by atoms with Gasteiger partial charge in [-0.05, 0) is 34.5 Å². The third-order valence-electron chi connectivity index (χ3n) is 2.46. The lowest BCUT2D eigenvalue weighted by molar-refractivity contribution is 0.102. The lowest BCUT2D eigenvalue weighted by Crippen LogP contribution is -2.13. The van der Waals surface area contributed by atoms with Gasteiger partial charge in [-0.1, -0.05) is 6.92 Å². The molecule has 2 heterocycles. The summed E-state index contributed by atoms with van der Waals surface area (Å²) in [7, 11) is 0. The molecule has 0 unspecified atom stereocenters. The highest BCUT2D eigenvalue weighted by molar-refractivity contribution is 9.10. The van der Waals surface area contributed by atoms with Gasteiger partial charge in [-0.15, -0.1) is 0 Å². The highest BCUT2D eigenvalue weighted by atomic mass is 79.9. The van der Waals surface area contributed by atoms with E-state index in [0.29, 0.717) is 28.1 Å². The minimum absolute atomic E-state index is 0.159. The molecule has 5 nitrogen and oxygen atoms in total. The van der Waals surface area contributed by atoms with E-state index in [4.69, 9.17) is 5.73 Å². The van der Waals surface area contributed by atoms with Crippen LogP contribution in [0.4, 0.5) is 5.69 Å². The Hall–Kier alpha value is -1.69. The molecule has 0 aliphatic rings. The zero-order valence-corrected chi connectivity index (χ0v) is 11.5. The Morgan fingerprint density at radius 3 is 2.83 bits per heavy atom. The predicted octanol–water partition coefficient (Wildman–Crippen LogP) is 2.26. The van der Waals surface area contributed by atoms with Gasteiger partial charge in [0.2, 0.25) is 5.78 Å². The molecule has 0 atom stereocenters. The number of aryl methyl sites for hydroxylation is 1. The molecule has 94 valence electrons. The molecule has 2 rings (SSSR count). The van der Waals surface area contributed by atoms with Crippen LogP contribution in [0.15, 0.2) is 29.0 Å². The van der Waals surface area contributed by atoms with Gasteiger partial charge in [0, 0.05) is 6.54 Å². The van der Waals surface area contributed by atoms with Gasteiger partial charge in [-0.25, -0.2) is 0 Å². The standard InChI is InChI=1S/C12H13BrN4O/c1-2-5-17-11(9(13)7-16-17)12(18)10-4-3-8(14)6-15-10/h3-4,6-7H,2,5,14H2,1H3. The number of rotatable bonds is 4. The summed E-state index contributed by atoms with van der Waals surface area (Å²) in [6.07, 6.45) is 4.01. The number of halogens is 1. The average Bonchev–Trinajstić information content (AvgIpc) is 2.71. The van der Waals surface area contributed by atoms with Gasteiger partial charge in [0.1, 0.15) is 11.4 Å². The molecule has 0 saturated carbocycles. The van der Waals surface area contributed by atoms with E-state index in [2.05, 4.69) is 26.0 Å². The molecular weight excluding hydrogens is 296 g/mol. The molecule has 2 N–H and O–H groups in total. The zero-order valence-electron chi connectivity index (χ0n) is 9.93. The van der Waals surface area contributed by atoms with Gasteiger partial charge in [-0.2, -0.15) is 5.10 Å². The zero-order chi connectivity index (χ0) is 13.1. The van der Waals surface area contributed by atoms with E-state index in [1.54, 1.807) is 23.0 Å². The molecule has 2 aromatic rings. The molecule has 0 aromatic carbocycles. The SMILES string of the molecule is CCCn1ncc(Br)c1C(=O)c1ccc(N)cn1. The summed E-state index contributed by atoms with van der Waals surface area (Å²) >= 11 is 3.34. The number of aromatic nitrogens is 3. The molecule has 6 heteroatoms. The smallest absolute Gasteiger partial charge is 0.230 e. The van der Waals surface area contributed by atoms with Gasteiger partial charge < -0.3 is 5.73 Å². The van der Waals surface area contributed by atoms with E-state index in [0.717, 1.165) is 6.42 Å². The molecule has 0 fully saturated rings. The minimum atomic E-state index is -0.159. The lowest BCUT2D eigenvalue weighted by atomic mass is 10.2. The van der Waals surface area contributed by atoms with E-state index in [1.807, 2.05) is 6.92 Å². The van der Waals surface area contributed by atoms with E-state index >= 15 is 0 Å². The van der Waals surface area contributed by atoms with Crippen LogP contribution < -0.4 is 5.73 Å². The Labute approximate surface area is 113 Å². The van der Waals surface area contributed by atoms with Crippen molar-refractivity contribution in [2.45, 2.75) is 19.9 Å². The molecule has 0 radical (unpaired) electrons. The maximum atomic E-state index is 12.3. The van der Waals surface area contributed by atoms with E-state index < -0.39 is 0 Å². The third-order valence-corrected chi connectivity index (χ3v) is 3.04. The van der Waals surface area contributed by atoms with Crippen molar-refractivity contribution in [2.24, 2.45) is 0 Å². The van der Waals surface area contributed by atoms with Crippen LogP contribution in [0, 0.1) is 0 Å². The van der Waals surface area contributed by atoms with Crippen molar-refractivity contribution in [2.75, 3.05) is 5.73 Å². The average molecular weight is 309 g/mol. The molecule has 0 aliphatic heterocycles. The molecule has 2 aromatic heterocycles. The van der Waals surface area contributed by atoms with Crippen molar-refractivity contribution in [1.82, 2.24) is 14.8 Å². The summed E-state index contributed by atoms with van der Waals surface area (Å²) < 4.78 is 2.37. The Balaban J connectivity index is 2.39. The highest BCUT2D eigenvalue weighted by Gasteiger charge is 2.19. The topological polar surface area (TPSA) is 73.8 Å². The first-order valence-electron chi connectivity index (χ1n) is 5.61. The summed E-state index contributed by atoms with van der Waals surface area (Å²) in [4.78, 5) is 16.4. The van der Waals surface area contributed by atoms with Gasteiger partial charge in [-0.3, -0.25) is 14.5 Å². The van der Waals surface area contributed by atoms with Crippen molar-refractivity contribution in [3.05, 3.63) is 40.4 Å². The number of nitrogens with zero attached hydrogens (tertiary/aromatic N) is 3. The number of hydrogen-bond donors (Lipinski definition) is 1. The first-order chi connectivity index (χ1) is 8.63. The van der Waals surface area contributed by atoms with Gasteiger partial charge in [0.15, 0.2) is 0 Å². The van der Waals surface area contributed by atoms with Crippen molar-refractivity contribution in [3.8, 4) is 0 Å². The Kier molecular flexibility index (Phi) is 3.76. The number of nitrogen functional groups attached to an aromatic ring is 1. The quantitative estimate of drug-likeness (QED) is 0.879. The minimum Gasteiger partial charge on any atom is -0.397 e. The number of pyridine rings is 1. The molecule has 0 saturated heterocycles. The van der Waals surface area contributed by atoms with Crippen LogP contribution in [0.5, 0.6) is 0 Å². The van der Waals surface area contributed by atoms with Crippen LogP contribution in [0.3, 0.4) is 0 Å². The van der Waals surface area contributed by atoms with Crippen molar-refractivity contribution < 1.29 is 4.79 Å². The second-order valence-electron chi connectivity index (χ2n) is 3.87. The Morgan fingerprint density at radius 1 is 1.44 bits per heavy atom. The second-order valence-corrected chi connectivity index (χ2v) is 4.72. The summed E-state index contributed by atoms with van der Waals surface area (Å²) in [6.45, 7) is 2.73. The fraction of sp³-hybridized carbons (Fsp3) is 0.250. The monoisotopic (exact) mass is 308 g/mol. The first kappa shape index (κ1) is 12.8. The summed E-state index contributed by atoms with van der Waals surface area (Å²) in [5.41, 5.74) is 6.97. The number of carbonyl (C=O) groups is 1. The van der Waals surface area contributed by atoms with Crippen LogP contribution in [0.1, 0.15) is 29.5 Å². The van der Waals surface area contributed by atoms with Crippen molar-refractivity contribution in [3.63, 3.8) is 0 Å². The van der Waals surface area contributed by atoms with E-state index in [1.165, 1.54) is 6.20 Å². The number of anilines is 1. The maximum Gasteiger partial charge on any atom is 0.230 e. The highest BCUT2D eigenvalue weighted by Crippen LogP contribution is 2.19. The van der Waals surface area contributed by atoms with Crippen LogP contribution in [0.25, 0.3) is 0 Å². The fourth-order valence-corrected chi connectivity index (χ4v) is 2.11. The Morgan fingerprint density at radius 2 is 2.22 bits per heavy atom. The third kappa shape index (κ3) is 2.43. The largest absolute Gasteiger partial charge is 0.397 e. The number of nitrogens with two attached hydrogens (primary N) is 1. The molecule has 0 bridgehead atoms. The van der Waals surface area contributed by atoms with Crippen LogP contribution in [0.2, 0.25) is 0 Å². The lowest BCUT2D eigenvalue weighted by Gasteiger charge is -2.05. The van der Waals surface area contributed by atoms with Crippen molar-refractivity contribution >= 4 is 27.4 Å². The van der Waals surface area contributed by atoms with Gasteiger partial charge >= 0.3 is 0 Å². The number of hydrogen-bond acceptors (Lipinski definition) is 4.